The van der Waals surface area contributed by atoms with Crippen LogP contribution in [-0.2, 0) is 17.8 Å². The fourth-order valence-corrected chi connectivity index (χ4v) is 2.77. The van der Waals surface area contributed by atoms with E-state index in [-0.39, 0.29) is 12.6 Å². The molecule has 21 heavy (non-hydrogen) atoms. The molecule has 1 aliphatic rings. The zero-order valence-electron chi connectivity index (χ0n) is 11.6. The molecule has 0 saturated carbocycles. The number of esters is 1. The van der Waals surface area contributed by atoms with Crippen LogP contribution in [0.25, 0.3) is 0 Å². The van der Waals surface area contributed by atoms with Crippen molar-refractivity contribution < 1.29 is 9.53 Å². The zero-order valence-corrected chi connectivity index (χ0v) is 12.3. The summed E-state index contributed by atoms with van der Waals surface area (Å²) >= 11 is 5.92. The second kappa shape index (κ2) is 6.19. The Balaban J connectivity index is 1.74. The van der Waals surface area contributed by atoms with Gasteiger partial charge in [-0.15, -0.1) is 0 Å². The number of carbonyl (C=O) groups excluding carboxylic acids is 1. The molecule has 3 rings (SSSR count). The van der Waals surface area contributed by atoms with Gasteiger partial charge in [0, 0.05) is 17.3 Å². The monoisotopic (exact) mass is 301 g/mol. The summed E-state index contributed by atoms with van der Waals surface area (Å²) < 4.78 is 5.41. The molecule has 1 N–H and O–H groups in total. The van der Waals surface area contributed by atoms with E-state index in [0.717, 1.165) is 36.2 Å². The van der Waals surface area contributed by atoms with E-state index in [0.29, 0.717) is 10.6 Å². The minimum absolute atomic E-state index is 0.233. The second-order valence-electron chi connectivity index (χ2n) is 5.07. The lowest BCUT2D eigenvalue weighted by Gasteiger charge is -2.20. The SMILES string of the molecule is O=C(OCc1cccc(Cl)c1)c1cccc2c1CCCN2. The van der Waals surface area contributed by atoms with E-state index in [1.807, 2.05) is 30.3 Å². The Morgan fingerprint density at radius 3 is 2.95 bits per heavy atom. The molecule has 2 aromatic carbocycles. The van der Waals surface area contributed by atoms with Crippen LogP contribution in [0.1, 0.15) is 27.9 Å². The van der Waals surface area contributed by atoms with Crippen LogP contribution in [0.15, 0.2) is 42.5 Å². The molecule has 0 unspecified atom stereocenters. The number of benzene rings is 2. The summed E-state index contributed by atoms with van der Waals surface area (Å²) in [6.45, 7) is 1.19. The van der Waals surface area contributed by atoms with Crippen molar-refractivity contribution in [2.45, 2.75) is 19.4 Å². The van der Waals surface area contributed by atoms with Crippen LogP contribution in [0.3, 0.4) is 0 Å². The van der Waals surface area contributed by atoms with Crippen molar-refractivity contribution in [3.8, 4) is 0 Å². The lowest BCUT2D eigenvalue weighted by Crippen LogP contribution is -2.16. The molecule has 1 aliphatic heterocycles. The Bertz CT molecular complexity index is 670. The molecule has 0 saturated heterocycles. The van der Waals surface area contributed by atoms with E-state index < -0.39 is 0 Å². The minimum Gasteiger partial charge on any atom is -0.457 e. The minimum atomic E-state index is -0.282. The van der Waals surface area contributed by atoms with Crippen LogP contribution in [0.2, 0.25) is 5.02 Å². The maximum Gasteiger partial charge on any atom is 0.338 e. The molecule has 0 bridgehead atoms. The van der Waals surface area contributed by atoms with Crippen molar-refractivity contribution in [3.05, 3.63) is 64.2 Å². The van der Waals surface area contributed by atoms with Crippen molar-refractivity contribution in [2.24, 2.45) is 0 Å². The van der Waals surface area contributed by atoms with E-state index in [1.165, 1.54) is 0 Å². The second-order valence-corrected chi connectivity index (χ2v) is 5.50. The largest absolute Gasteiger partial charge is 0.457 e. The summed E-state index contributed by atoms with van der Waals surface area (Å²) in [6.07, 6.45) is 1.94. The molecule has 3 nitrogen and oxygen atoms in total. The van der Waals surface area contributed by atoms with E-state index in [2.05, 4.69) is 5.32 Å². The van der Waals surface area contributed by atoms with E-state index in [1.54, 1.807) is 12.1 Å². The summed E-state index contributed by atoms with van der Waals surface area (Å²) in [5.41, 5.74) is 3.64. The molecule has 1 heterocycles. The fraction of sp³-hybridized carbons (Fsp3) is 0.235. The summed E-state index contributed by atoms with van der Waals surface area (Å²) in [4.78, 5) is 12.3. The molecule has 0 spiro atoms. The molecule has 0 aromatic heterocycles. The van der Waals surface area contributed by atoms with Gasteiger partial charge in [-0.25, -0.2) is 4.79 Å². The molecular weight excluding hydrogens is 286 g/mol. The van der Waals surface area contributed by atoms with E-state index in [4.69, 9.17) is 16.3 Å². The normalized spacial score (nSPS) is 13.2. The van der Waals surface area contributed by atoms with Gasteiger partial charge < -0.3 is 10.1 Å². The van der Waals surface area contributed by atoms with Crippen molar-refractivity contribution in [2.75, 3.05) is 11.9 Å². The highest BCUT2D eigenvalue weighted by molar-refractivity contribution is 6.30. The van der Waals surface area contributed by atoms with Crippen LogP contribution < -0.4 is 5.32 Å². The van der Waals surface area contributed by atoms with Gasteiger partial charge in [0.05, 0.1) is 5.56 Å². The third-order valence-corrected chi connectivity index (χ3v) is 3.81. The number of nitrogens with one attached hydrogen (secondary N) is 1. The maximum absolute atomic E-state index is 12.3. The molecular formula is C17H16ClNO2. The Hall–Kier alpha value is -2.00. The Kier molecular flexibility index (Phi) is 4.11. The van der Waals surface area contributed by atoms with Gasteiger partial charge in [0.1, 0.15) is 6.61 Å². The van der Waals surface area contributed by atoms with E-state index >= 15 is 0 Å². The first-order valence-electron chi connectivity index (χ1n) is 7.01. The molecule has 4 heteroatoms. The number of anilines is 1. The number of hydrogen-bond acceptors (Lipinski definition) is 3. The molecule has 108 valence electrons. The zero-order chi connectivity index (χ0) is 14.7. The van der Waals surface area contributed by atoms with Crippen molar-refractivity contribution in [3.63, 3.8) is 0 Å². The first-order valence-corrected chi connectivity index (χ1v) is 7.39. The number of carbonyl (C=O) groups is 1. The Morgan fingerprint density at radius 1 is 1.24 bits per heavy atom. The van der Waals surface area contributed by atoms with Crippen LogP contribution in [-0.4, -0.2) is 12.5 Å². The van der Waals surface area contributed by atoms with Gasteiger partial charge in [-0.2, -0.15) is 0 Å². The first-order chi connectivity index (χ1) is 10.2. The number of halogens is 1. The Morgan fingerprint density at radius 2 is 2.10 bits per heavy atom. The molecule has 0 radical (unpaired) electrons. The fourth-order valence-electron chi connectivity index (χ4n) is 2.55. The molecule has 2 aromatic rings. The molecule has 0 fully saturated rings. The topological polar surface area (TPSA) is 38.3 Å². The lowest BCUT2D eigenvalue weighted by molar-refractivity contribution is 0.0471. The third-order valence-electron chi connectivity index (χ3n) is 3.57. The van der Waals surface area contributed by atoms with Gasteiger partial charge in [0.25, 0.3) is 0 Å². The standard InChI is InChI=1S/C17H16ClNO2/c18-13-5-1-4-12(10-13)11-21-17(20)15-6-2-8-16-14(15)7-3-9-19-16/h1-2,4-6,8,10,19H,3,7,9,11H2. The van der Waals surface area contributed by atoms with Gasteiger partial charge in [-0.3, -0.25) is 0 Å². The number of rotatable bonds is 3. The van der Waals surface area contributed by atoms with Gasteiger partial charge >= 0.3 is 5.97 Å². The lowest BCUT2D eigenvalue weighted by atomic mass is 9.98. The van der Waals surface area contributed by atoms with Crippen molar-refractivity contribution >= 4 is 23.3 Å². The molecule has 0 atom stereocenters. The van der Waals surface area contributed by atoms with Crippen molar-refractivity contribution in [1.29, 1.82) is 0 Å². The number of hydrogen-bond donors (Lipinski definition) is 1. The van der Waals surface area contributed by atoms with Crippen LogP contribution in [0.5, 0.6) is 0 Å². The number of ether oxygens (including phenoxy) is 1. The van der Waals surface area contributed by atoms with Crippen LogP contribution in [0, 0.1) is 0 Å². The smallest absolute Gasteiger partial charge is 0.338 e. The average Bonchev–Trinajstić information content (AvgIpc) is 2.52. The third kappa shape index (κ3) is 3.19. The van der Waals surface area contributed by atoms with Gasteiger partial charge in [0.15, 0.2) is 0 Å². The summed E-state index contributed by atoms with van der Waals surface area (Å²) in [6, 6.07) is 13.0. The summed E-state index contributed by atoms with van der Waals surface area (Å²) in [7, 11) is 0. The van der Waals surface area contributed by atoms with Crippen LogP contribution >= 0.6 is 11.6 Å². The van der Waals surface area contributed by atoms with E-state index in [9.17, 15) is 4.79 Å². The van der Waals surface area contributed by atoms with Crippen LogP contribution in [0.4, 0.5) is 5.69 Å². The maximum atomic E-state index is 12.3. The van der Waals surface area contributed by atoms with Gasteiger partial charge in [-0.1, -0.05) is 29.8 Å². The average molecular weight is 302 g/mol. The highest BCUT2D eigenvalue weighted by Gasteiger charge is 2.18. The first kappa shape index (κ1) is 14.0. The molecule has 0 aliphatic carbocycles. The highest BCUT2D eigenvalue weighted by atomic mass is 35.5. The predicted octanol–water partition coefficient (Wildman–Crippen LogP) is 4.06. The number of fused-ring (bicyclic) bond motifs is 1. The van der Waals surface area contributed by atoms with Gasteiger partial charge in [-0.05, 0) is 48.2 Å². The predicted molar refractivity (Wildman–Crippen MR) is 83.8 cm³/mol. The van der Waals surface area contributed by atoms with Gasteiger partial charge in [0.2, 0.25) is 0 Å². The molecule has 0 amide bonds. The summed E-state index contributed by atoms with van der Waals surface area (Å²) in [5.74, 6) is -0.282. The highest BCUT2D eigenvalue weighted by Crippen LogP contribution is 2.26. The quantitative estimate of drug-likeness (QED) is 0.869. The van der Waals surface area contributed by atoms with Crippen molar-refractivity contribution in [1.82, 2.24) is 0 Å². The summed E-state index contributed by atoms with van der Waals surface area (Å²) in [5, 5.41) is 3.96. The Labute approximate surface area is 128 Å².